The fourth-order valence-electron chi connectivity index (χ4n) is 0.823. The summed E-state index contributed by atoms with van der Waals surface area (Å²) >= 11 is 7.31. The van der Waals surface area contributed by atoms with Crippen LogP contribution in [0.5, 0.6) is 0 Å². The van der Waals surface area contributed by atoms with Gasteiger partial charge in [-0.1, -0.05) is 32.4 Å². The van der Waals surface area contributed by atoms with Crippen LogP contribution < -0.4 is 0 Å². The van der Waals surface area contributed by atoms with Gasteiger partial charge in [0.2, 0.25) is 0 Å². The van der Waals surface area contributed by atoms with Gasteiger partial charge in [0.05, 0.1) is 11.2 Å². The predicted octanol–water partition coefficient (Wildman–Crippen LogP) is 3.39. The maximum atomic E-state index is 5.75. The maximum Gasteiger partial charge on any atom is 0.113 e. The van der Waals surface area contributed by atoms with Gasteiger partial charge in [0.15, 0.2) is 0 Å². The molecule has 1 aromatic rings. The molecular formula is C8H12ClNS. The Hall–Kier alpha value is -0.0800. The Morgan fingerprint density at radius 3 is 2.55 bits per heavy atom. The molecule has 0 atom stereocenters. The molecule has 1 nitrogen and oxygen atoms in total. The summed E-state index contributed by atoms with van der Waals surface area (Å²) in [4.78, 5) is 4.19. The number of hydrogen-bond donors (Lipinski definition) is 0. The Balaban J connectivity index is 2.65. The van der Waals surface area contributed by atoms with Gasteiger partial charge in [0, 0.05) is 6.42 Å². The largest absolute Gasteiger partial charge is 0.248 e. The summed E-state index contributed by atoms with van der Waals surface area (Å²) < 4.78 is 0.782. The van der Waals surface area contributed by atoms with Gasteiger partial charge in [-0.2, -0.15) is 0 Å². The van der Waals surface area contributed by atoms with E-state index in [9.17, 15) is 0 Å². The average Bonchev–Trinajstić information content (AvgIpc) is 2.10. The summed E-state index contributed by atoms with van der Waals surface area (Å²) in [6, 6.07) is 0. The monoisotopic (exact) mass is 189 g/mol. The van der Waals surface area contributed by atoms with E-state index in [0.717, 1.165) is 15.8 Å². The molecule has 0 radical (unpaired) electrons. The third-order valence-electron chi connectivity index (χ3n) is 1.21. The number of aromatic nitrogens is 1. The van der Waals surface area contributed by atoms with Crippen molar-refractivity contribution in [3.05, 3.63) is 15.5 Å². The minimum atomic E-state index is 0.307. The van der Waals surface area contributed by atoms with E-state index in [4.69, 9.17) is 11.6 Å². The van der Waals surface area contributed by atoms with E-state index in [-0.39, 0.29) is 0 Å². The lowest BCUT2D eigenvalue weighted by molar-refractivity contribution is 0.410. The summed E-state index contributed by atoms with van der Waals surface area (Å²) in [5.74, 6) is 0. The van der Waals surface area contributed by atoms with Gasteiger partial charge in [0.25, 0.3) is 0 Å². The summed E-state index contributed by atoms with van der Waals surface area (Å²) in [6.07, 6.45) is 2.72. The van der Waals surface area contributed by atoms with Crippen molar-refractivity contribution in [2.75, 3.05) is 0 Å². The molecule has 0 amide bonds. The summed E-state index contributed by atoms with van der Waals surface area (Å²) in [6.45, 7) is 6.59. The van der Waals surface area contributed by atoms with Crippen LogP contribution in [-0.4, -0.2) is 4.98 Å². The zero-order valence-corrected chi connectivity index (χ0v) is 8.59. The fraction of sp³-hybridized carbons (Fsp3) is 0.625. The third-order valence-corrected chi connectivity index (χ3v) is 2.32. The van der Waals surface area contributed by atoms with Gasteiger partial charge >= 0.3 is 0 Å². The topological polar surface area (TPSA) is 12.9 Å². The van der Waals surface area contributed by atoms with Crippen molar-refractivity contribution in [3.63, 3.8) is 0 Å². The van der Waals surface area contributed by atoms with Crippen LogP contribution in [0.4, 0.5) is 0 Å². The van der Waals surface area contributed by atoms with E-state index in [1.165, 1.54) is 0 Å². The lowest BCUT2D eigenvalue weighted by Gasteiger charge is -2.15. The lowest BCUT2D eigenvalue weighted by atomic mass is 9.93. The van der Waals surface area contributed by atoms with Crippen molar-refractivity contribution in [1.29, 1.82) is 0 Å². The minimum absolute atomic E-state index is 0.307. The standard InChI is InChI=1S/C8H12ClNS/c1-8(2,3)4-7-10-5-6(9)11-7/h5H,4H2,1-3H3. The lowest BCUT2D eigenvalue weighted by Crippen LogP contribution is -2.08. The summed E-state index contributed by atoms with van der Waals surface area (Å²) in [5, 5.41) is 1.13. The Labute approximate surface area is 76.4 Å². The molecule has 3 heteroatoms. The van der Waals surface area contributed by atoms with Crippen molar-refractivity contribution in [1.82, 2.24) is 4.98 Å². The Kier molecular flexibility index (Phi) is 2.55. The maximum absolute atomic E-state index is 5.75. The molecule has 11 heavy (non-hydrogen) atoms. The molecule has 0 aliphatic carbocycles. The summed E-state index contributed by atoms with van der Waals surface area (Å²) in [7, 11) is 0. The Morgan fingerprint density at radius 2 is 2.18 bits per heavy atom. The number of rotatable bonds is 1. The zero-order valence-electron chi connectivity index (χ0n) is 7.02. The molecule has 0 spiro atoms. The molecule has 1 rings (SSSR count). The van der Waals surface area contributed by atoms with Crippen molar-refractivity contribution < 1.29 is 0 Å². The number of thiazole rings is 1. The van der Waals surface area contributed by atoms with Crippen LogP contribution in [0.1, 0.15) is 25.8 Å². The SMILES string of the molecule is CC(C)(C)Cc1ncc(Cl)s1. The molecule has 0 bridgehead atoms. The highest BCUT2D eigenvalue weighted by atomic mass is 35.5. The highest BCUT2D eigenvalue weighted by Gasteiger charge is 2.13. The Morgan fingerprint density at radius 1 is 1.55 bits per heavy atom. The van der Waals surface area contributed by atoms with Crippen molar-refractivity contribution in [3.8, 4) is 0 Å². The molecule has 0 aromatic carbocycles. The second kappa shape index (κ2) is 3.11. The smallest absolute Gasteiger partial charge is 0.113 e. The first-order valence-corrected chi connectivity index (χ1v) is 4.77. The molecule has 0 saturated carbocycles. The van der Waals surface area contributed by atoms with Crippen molar-refractivity contribution in [2.24, 2.45) is 5.41 Å². The third kappa shape index (κ3) is 3.21. The normalized spacial score (nSPS) is 12.0. The highest BCUT2D eigenvalue weighted by Crippen LogP contribution is 2.25. The van der Waals surface area contributed by atoms with E-state index in [2.05, 4.69) is 25.8 Å². The van der Waals surface area contributed by atoms with Gasteiger partial charge in [0.1, 0.15) is 4.34 Å². The molecule has 62 valence electrons. The first-order valence-electron chi connectivity index (χ1n) is 3.57. The molecule has 1 aromatic heterocycles. The van der Waals surface area contributed by atoms with Crippen LogP contribution in [0.15, 0.2) is 6.20 Å². The van der Waals surface area contributed by atoms with E-state index in [1.807, 2.05) is 0 Å². The molecule has 0 unspecified atom stereocenters. The van der Waals surface area contributed by atoms with Crippen LogP contribution in [0, 0.1) is 5.41 Å². The summed E-state index contributed by atoms with van der Waals surface area (Å²) in [5.41, 5.74) is 0.307. The molecule has 0 aliphatic heterocycles. The molecule has 0 N–H and O–H groups in total. The van der Waals surface area contributed by atoms with E-state index >= 15 is 0 Å². The number of hydrogen-bond acceptors (Lipinski definition) is 2. The van der Waals surface area contributed by atoms with Crippen LogP contribution in [-0.2, 0) is 6.42 Å². The Bertz CT molecular complexity index is 236. The van der Waals surface area contributed by atoms with Crippen LogP contribution >= 0.6 is 22.9 Å². The quantitative estimate of drug-likeness (QED) is 0.660. The van der Waals surface area contributed by atoms with E-state index in [1.54, 1.807) is 17.5 Å². The number of nitrogens with zero attached hydrogens (tertiary/aromatic N) is 1. The van der Waals surface area contributed by atoms with E-state index in [0.29, 0.717) is 5.41 Å². The van der Waals surface area contributed by atoms with Gasteiger partial charge < -0.3 is 0 Å². The zero-order chi connectivity index (χ0) is 8.48. The second-order valence-electron chi connectivity index (χ2n) is 3.80. The van der Waals surface area contributed by atoms with Crippen LogP contribution in [0.25, 0.3) is 0 Å². The molecule has 0 aliphatic rings. The first-order chi connectivity index (χ1) is 4.97. The van der Waals surface area contributed by atoms with Crippen LogP contribution in [0.3, 0.4) is 0 Å². The van der Waals surface area contributed by atoms with Crippen LogP contribution in [0.2, 0.25) is 4.34 Å². The van der Waals surface area contributed by atoms with Crippen molar-refractivity contribution >= 4 is 22.9 Å². The fourth-order valence-corrected chi connectivity index (χ4v) is 2.08. The van der Waals surface area contributed by atoms with Gasteiger partial charge in [-0.25, -0.2) is 4.98 Å². The van der Waals surface area contributed by atoms with Gasteiger partial charge in [-0.15, -0.1) is 11.3 Å². The highest BCUT2D eigenvalue weighted by molar-refractivity contribution is 7.15. The van der Waals surface area contributed by atoms with Gasteiger partial charge in [-0.3, -0.25) is 0 Å². The molecule has 0 fully saturated rings. The minimum Gasteiger partial charge on any atom is -0.248 e. The van der Waals surface area contributed by atoms with Gasteiger partial charge in [-0.05, 0) is 5.41 Å². The van der Waals surface area contributed by atoms with E-state index < -0.39 is 0 Å². The first kappa shape index (κ1) is 9.01. The number of halogens is 1. The molecular weight excluding hydrogens is 178 g/mol. The predicted molar refractivity (Wildman–Crippen MR) is 50.3 cm³/mol. The van der Waals surface area contributed by atoms with Crippen molar-refractivity contribution in [2.45, 2.75) is 27.2 Å². The second-order valence-corrected chi connectivity index (χ2v) is 5.54. The molecule has 1 heterocycles. The molecule has 0 saturated heterocycles. The average molecular weight is 190 g/mol.